The van der Waals surface area contributed by atoms with Crippen LogP contribution in [-0.4, -0.2) is 19.3 Å². The van der Waals surface area contributed by atoms with Gasteiger partial charge < -0.3 is 10.1 Å². The first-order chi connectivity index (χ1) is 9.25. The molecular formula is C17H27NO. The lowest BCUT2D eigenvalue weighted by atomic mass is 10.0. The number of hydrogen-bond donors (Lipinski definition) is 1. The smallest absolute Gasteiger partial charge is 0.0594 e. The van der Waals surface area contributed by atoms with Gasteiger partial charge in [0, 0.05) is 13.1 Å². The van der Waals surface area contributed by atoms with Gasteiger partial charge >= 0.3 is 0 Å². The van der Waals surface area contributed by atoms with Crippen molar-refractivity contribution in [3.05, 3.63) is 35.4 Å². The summed E-state index contributed by atoms with van der Waals surface area (Å²) < 4.78 is 5.83. The molecule has 0 atom stereocenters. The highest BCUT2D eigenvalue weighted by atomic mass is 16.5. The third-order valence-electron chi connectivity index (χ3n) is 3.91. The van der Waals surface area contributed by atoms with Crippen LogP contribution in [0, 0.1) is 0 Å². The molecule has 2 nitrogen and oxygen atoms in total. The van der Waals surface area contributed by atoms with Crippen molar-refractivity contribution >= 4 is 0 Å². The Morgan fingerprint density at radius 3 is 2.47 bits per heavy atom. The first-order valence-electron chi connectivity index (χ1n) is 7.67. The first kappa shape index (κ1) is 14.5. The standard InChI is InChI=1S/C17H27NO/c1-14(2)16-9-7-15(8-10-16)13-18-11-12-19-17-5-3-4-6-17/h7-10,14,17-18H,3-6,11-13H2,1-2H3. The van der Waals surface area contributed by atoms with Crippen LogP contribution in [0.4, 0.5) is 0 Å². The quantitative estimate of drug-likeness (QED) is 0.753. The van der Waals surface area contributed by atoms with Crippen molar-refractivity contribution in [3.63, 3.8) is 0 Å². The predicted molar refractivity (Wildman–Crippen MR) is 80.4 cm³/mol. The number of rotatable bonds is 7. The Labute approximate surface area is 117 Å². The maximum Gasteiger partial charge on any atom is 0.0594 e. The molecule has 1 N–H and O–H groups in total. The van der Waals surface area contributed by atoms with Crippen molar-refractivity contribution < 1.29 is 4.74 Å². The second-order valence-electron chi connectivity index (χ2n) is 5.85. The van der Waals surface area contributed by atoms with Gasteiger partial charge in [-0.1, -0.05) is 51.0 Å². The Kier molecular flexibility index (Phi) is 5.87. The van der Waals surface area contributed by atoms with Crippen LogP contribution in [0.3, 0.4) is 0 Å². The van der Waals surface area contributed by atoms with Gasteiger partial charge in [-0.05, 0) is 29.9 Å². The lowest BCUT2D eigenvalue weighted by Crippen LogP contribution is -2.21. The van der Waals surface area contributed by atoms with E-state index in [9.17, 15) is 0 Å². The first-order valence-corrected chi connectivity index (χ1v) is 7.67. The highest BCUT2D eigenvalue weighted by Gasteiger charge is 2.14. The molecule has 0 bridgehead atoms. The Balaban J connectivity index is 1.59. The van der Waals surface area contributed by atoms with Crippen molar-refractivity contribution in [1.82, 2.24) is 5.32 Å². The number of nitrogens with one attached hydrogen (secondary N) is 1. The predicted octanol–water partition coefficient (Wildman–Crippen LogP) is 3.86. The molecule has 0 aromatic heterocycles. The molecule has 2 heteroatoms. The molecule has 19 heavy (non-hydrogen) atoms. The third-order valence-corrected chi connectivity index (χ3v) is 3.91. The minimum Gasteiger partial charge on any atom is -0.377 e. The van der Waals surface area contributed by atoms with E-state index in [1.807, 2.05) is 0 Å². The summed E-state index contributed by atoms with van der Waals surface area (Å²) in [4.78, 5) is 0. The van der Waals surface area contributed by atoms with E-state index in [4.69, 9.17) is 4.74 Å². The minimum absolute atomic E-state index is 0.534. The molecule has 1 aromatic rings. The maximum atomic E-state index is 5.83. The van der Waals surface area contributed by atoms with E-state index in [0.717, 1.165) is 19.7 Å². The summed E-state index contributed by atoms with van der Waals surface area (Å²) in [6.45, 7) is 7.19. The zero-order valence-electron chi connectivity index (χ0n) is 12.3. The van der Waals surface area contributed by atoms with E-state index in [0.29, 0.717) is 12.0 Å². The monoisotopic (exact) mass is 261 g/mol. The fourth-order valence-corrected chi connectivity index (χ4v) is 2.61. The molecule has 1 aliphatic carbocycles. The molecule has 0 aliphatic heterocycles. The highest BCUT2D eigenvalue weighted by Crippen LogP contribution is 2.20. The van der Waals surface area contributed by atoms with Crippen LogP contribution in [0.25, 0.3) is 0 Å². The van der Waals surface area contributed by atoms with Crippen molar-refractivity contribution in [2.24, 2.45) is 0 Å². The zero-order valence-corrected chi connectivity index (χ0v) is 12.3. The van der Waals surface area contributed by atoms with Crippen LogP contribution in [0.2, 0.25) is 0 Å². The zero-order chi connectivity index (χ0) is 13.5. The molecule has 1 aromatic carbocycles. The molecule has 0 radical (unpaired) electrons. The summed E-state index contributed by atoms with van der Waals surface area (Å²) in [5.74, 6) is 0.613. The molecule has 1 aliphatic rings. The van der Waals surface area contributed by atoms with Crippen LogP contribution < -0.4 is 5.32 Å². The second-order valence-corrected chi connectivity index (χ2v) is 5.85. The molecule has 0 spiro atoms. The number of hydrogen-bond acceptors (Lipinski definition) is 2. The number of ether oxygens (including phenoxy) is 1. The van der Waals surface area contributed by atoms with Crippen molar-refractivity contribution in [2.45, 2.75) is 58.1 Å². The van der Waals surface area contributed by atoms with E-state index in [2.05, 4.69) is 43.4 Å². The van der Waals surface area contributed by atoms with Crippen molar-refractivity contribution in [2.75, 3.05) is 13.2 Å². The lowest BCUT2D eigenvalue weighted by molar-refractivity contribution is 0.0603. The molecule has 2 rings (SSSR count). The topological polar surface area (TPSA) is 21.3 Å². The van der Waals surface area contributed by atoms with E-state index in [1.165, 1.54) is 36.8 Å². The van der Waals surface area contributed by atoms with Gasteiger partial charge in [-0.3, -0.25) is 0 Å². The Hall–Kier alpha value is -0.860. The van der Waals surface area contributed by atoms with E-state index in [-0.39, 0.29) is 0 Å². The van der Waals surface area contributed by atoms with Crippen molar-refractivity contribution in [3.8, 4) is 0 Å². The van der Waals surface area contributed by atoms with Gasteiger partial charge in [0.05, 0.1) is 12.7 Å². The summed E-state index contributed by atoms with van der Waals surface area (Å²) in [5.41, 5.74) is 2.76. The highest BCUT2D eigenvalue weighted by molar-refractivity contribution is 5.24. The minimum atomic E-state index is 0.534. The average molecular weight is 261 g/mol. The van der Waals surface area contributed by atoms with Crippen molar-refractivity contribution in [1.29, 1.82) is 0 Å². The average Bonchev–Trinajstić information content (AvgIpc) is 2.92. The van der Waals surface area contributed by atoms with Crippen LogP contribution in [-0.2, 0) is 11.3 Å². The SMILES string of the molecule is CC(C)c1ccc(CNCCOC2CCCC2)cc1. The molecule has 0 heterocycles. The third kappa shape index (κ3) is 4.96. The Morgan fingerprint density at radius 1 is 1.16 bits per heavy atom. The van der Waals surface area contributed by atoms with E-state index >= 15 is 0 Å². The van der Waals surface area contributed by atoms with Gasteiger partial charge in [-0.2, -0.15) is 0 Å². The van der Waals surface area contributed by atoms with Crippen LogP contribution >= 0.6 is 0 Å². The molecule has 0 saturated heterocycles. The fourth-order valence-electron chi connectivity index (χ4n) is 2.61. The van der Waals surface area contributed by atoms with Crippen LogP contribution in [0.5, 0.6) is 0 Å². The van der Waals surface area contributed by atoms with Gasteiger partial charge in [-0.15, -0.1) is 0 Å². The number of benzene rings is 1. The molecule has 0 amide bonds. The molecular weight excluding hydrogens is 234 g/mol. The van der Waals surface area contributed by atoms with Gasteiger partial charge in [0.15, 0.2) is 0 Å². The van der Waals surface area contributed by atoms with E-state index in [1.54, 1.807) is 0 Å². The lowest BCUT2D eigenvalue weighted by Gasteiger charge is -2.12. The fraction of sp³-hybridized carbons (Fsp3) is 0.647. The largest absolute Gasteiger partial charge is 0.377 e. The van der Waals surface area contributed by atoms with Gasteiger partial charge in [0.1, 0.15) is 0 Å². The Bertz CT molecular complexity index is 352. The summed E-state index contributed by atoms with van der Waals surface area (Å²) in [5, 5.41) is 3.45. The van der Waals surface area contributed by atoms with Gasteiger partial charge in [0.25, 0.3) is 0 Å². The summed E-state index contributed by atoms with van der Waals surface area (Å²) >= 11 is 0. The summed E-state index contributed by atoms with van der Waals surface area (Å²) in [7, 11) is 0. The second kappa shape index (κ2) is 7.66. The maximum absolute atomic E-state index is 5.83. The van der Waals surface area contributed by atoms with Gasteiger partial charge in [-0.25, -0.2) is 0 Å². The molecule has 1 saturated carbocycles. The van der Waals surface area contributed by atoms with Crippen LogP contribution in [0.15, 0.2) is 24.3 Å². The van der Waals surface area contributed by atoms with Crippen LogP contribution in [0.1, 0.15) is 56.6 Å². The summed E-state index contributed by atoms with van der Waals surface area (Å²) in [6.07, 6.45) is 5.75. The molecule has 0 unspecified atom stereocenters. The van der Waals surface area contributed by atoms with Gasteiger partial charge in [0.2, 0.25) is 0 Å². The Morgan fingerprint density at radius 2 is 1.84 bits per heavy atom. The summed E-state index contributed by atoms with van der Waals surface area (Å²) in [6, 6.07) is 8.91. The normalized spacial score (nSPS) is 16.4. The molecule has 106 valence electrons. The molecule has 1 fully saturated rings. The van der Waals surface area contributed by atoms with E-state index < -0.39 is 0 Å².